The standard InChI is InChI=1S/C19H23N3O5S/c1-13(23)14-4-3-5-17(12-14)28(24,25)22-15-6-8-16(9-7-15)27-19-18(26-2)20-10-11-21-19/h3-5,10-12,15-16,22H,6-9H2,1-2H3. The van der Waals surface area contributed by atoms with Gasteiger partial charge in [0.2, 0.25) is 10.0 Å². The summed E-state index contributed by atoms with van der Waals surface area (Å²) in [7, 11) is -2.18. The fraction of sp³-hybridized carbons (Fsp3) is 0.421. The molecule has 1 aliphatic carbocycles. The van der Waals surface area contributed by atoms with Gasteiger partial charge in [0.1, 0.15) is 6.10 Å². The van der Waals surface area contributed by atoms with Gasteiger partial charge in [0, 0.05) is 24.0 Å². The monoisotopic (exact) mass is 405 g/mol. The van der Waals surface area contributed by atoms with Crippen molar-refractivity contribution in [2.24, 2.45) is 0 Å². The van der Waals surface area contributed by atoms with E-state index in [4.69, 9.17) is 9.47 Å². The van der Waals surface area contributed by atoms with Gasteiger partial charge in [-0.3, -0.25) is 4.79 Å². The van der Waals surface area contributed by atoms with E-state index in [1.807, 2.05) is 0 Å². The molecule has 1 heterocycles. The second kappa shape index (κ2) is 8.66. The van der Waals surface area contributed by atoms with Crippen molar-refractivity contribution in [3.05, 3.63) is 42.2 Å². The highest BCUT2D eigenvalue weighted by Gasteiger charge is 2.27. The number of carbonyl (C=O) groups is 1. The van der Waals surface area contributed by atoms with Crippen molar-refractivity contribution in [2.45, 2.75) is 49.6 Å². The molecule has 1 aromatic carbocycles. The smallest absolute Gasteiger partial charge is 0.278 e. The first kappa shape index (κ1) is 20.2. The number of methoxy groups -OCH3 is 1. The molecule has 2 aromatic rings. The Balaban J connectivity index is 1.59. The van der Waals surface area contributed by atoms with Crippen molar-refractivity contribution in [1.29, 1.82) is 0 Å². The SMILES string of the molecule is COc1nccnc1OC1CCC(NS(=O)(=O)c2cccc(C(C)=O)c2)CC1. The van der Waals surface area contributed by atoms with E-state index in [1.54, 1.807) is 12.1 Å². The van der Waals surface area contributed by atoms with Crippen LogP contribution in [0.3, 0.4) is 0 Å². The number of ether oxygens (including phenoxy) is 2. The highest BCUT2D eigenvalue weighted by atomic mass is 32.2. The predicted octanol–water partition coefficient (Wildman–Crippen LogP) is 2.36. The molecule has 0 spiro atoms. The molecule has 1 N–H and O–H groups in total. The van der Waals surface area contributed by atoms with Crippen LogP contribution < -0.4 is 14.2 Å². The van der Waals surface area contributed by atoms with Crippen LogP contribution in [0.5, 0.6) is 11.8 Å². The number of sulfonamides is 1. The zero-order valence-corrected chi connectivity index (χ0v) is 16.6. The number of rotatable bonds is 7. The third-order valence-electron chi connectivity index (χ3n) is 4.65. The molecule has 9 heteroatoms. The summed E-state index contributed by atoms with van der Waals surface area (Å²) in [5.41, 5.74) is 0.373. The van der Waals surface area contributed by atoms with Gasteiger partial charge >= 0.3 is 0 Å². The summed E-state index contributed by atoms with van der Waals surface area (Å²) in [6.45, 7) is 1.41. The van der Waals surface area contributed by atoms with Crippen LogP contribution in [0.25, 0.3) is 0 Å². The summed E-state index contributed by atoms with van der Waals surface area (Å²) in [5.74, 6) is 0.500. The Morgan fingerprint density at radius 3 is 2.43 bits per heavy atom. The maximum absolute atomic E-state index is 12.6. The van der Waals surface area contributed by atoms with Crippen molar-refractivity contribution >= 4 is 15.8 Å². The van der Waals surface area contributed by atoms with E-state index >= 15 is 0 Å². The fourth-order valence-electron chi connectivity index (χ4n) is 3.16. The molecule has 0 aliphatic heterocycles. The van der Waals surface area contributed by atoms with Crippen LogP contribution in [0.15, 0.2) is 41.6 Å². The molecular weight excluding hydrogens is 382 g/mol. The van der Waals surface area contributed by atoms with Crippen LogP contribution >= 0.6 is 0 Å². The maximum Gasteiger partial charge on any atom is 0.278 e. The molecule has 0 unspecified atom stereocenters. The summed E-state index contributed by atoms with van der Waals surface area (Å²) in [6, 6.07) is 5.88. The van der Waals surface area contributed by atoms with Crippen LogP contribution in [-0.4, -0.2) is 43.4 Å². The number of carbonyl (C=O) groups excluding carboxylic acids is 1. The summed E-state index contributed by atoms with van der Waals surface area (Å²) < 4.78 is 39.0. The summed E-state index contributed by atoms with van der Waals surface area (Å²) in [4.78, 5) is 19.8. The lowest BCUT2D eigenvalue weighted by molar-refractivity contribution is 0.101. The Bertz CT molecular complexity index is 940. The van der Waals surface area contributed by atoms with Crippen LogP contribution in [-0.2, 0) is 10.0 Å². The quantitative estimate of drug-likeness (QED) is 0.705. The zero-order valence-electron chi connectivity index (χ0n) is 15.8. The first-order valence-electron chi connectivity index (χ1n) is 9.04. The molecule has 0 amide bonds. The van der Waals surface area contributed by atoms with E-state index in [1.165, 1.54) is 38.6 Å². The highest BCUT2D eigenvalue weighted by Crippen LogP contribution is 2.27. The molecule has 28 heavy (non-hydrogen) atoms. The van der Waals surface area contributed by atoms with Crippen LogP contribution in [0, 0.1) is 0 Å². The van der Waals surface area contributed by atoms with Gasteiger partial charge < -0.3 is 9.47 Å². The first-order chi connectivity index (χ1) is 13.4. The van der Waals surface area contributed by atoms with Gasteiger partial charge in [-0.25, -0.2) is 23.1 Å². The number of aromatic nitrogens is 2. The molecule has 0 atom stereocenters. The molecule has 0 bridgehead atoms. The molecule has 1 aliphatic rings. The number of hydrogen-bond acceptors (Lipinski definition) is 7. The second-order valence-corrected chi connectivity index (χ2v) is 8.38. The molecule has 1 aromatic heterocycles. The minimum atomic E-state index is -3.69. The fourth-order valence-corrected chi connectivity index (χ4v) is 4.51. The van der Waals surface area contributed by atoms with E-state index in [9.17, 15) is 13.2 Å². The lowest BCUT2D eigenvalue weighted by atomic mass is 9.94. The van der Waals surface area contributed by atoms with E-state index in [0.717, 1.165) is 0 Å². The molecule has 1 fully saturated rings. The molecule has 150 valence electrons. The first-order valence-corrected chi connectivity index (χ1v) is 10.5. The van der Waals surface area contributed by atoms with Crippen molar-refractivity contribution in [3.8, 4) is 11.8 Å². The van der Waals surface area contributed by atoms with E-state index in [0.29, 0.717) is 43.0 Å². The van der Waals surface area contributed by atoms with Crippen LogP contribution in [0.2, 0.25) is 0 Å². The molecule has 0 radical (unpaired) electrons. The summed E-state index contributed by atoms with van der Waals surface area (Å²) in [5, 5.41) is 0. The van der Waals surface area contributed by atoms with Crippen molar-refractivity contribution in [2.75, 3.05) is 7.11 Å². The number of ketones is 1. The Labute approximate surface area is 164 Å². The second-order valence-electron chi connectivity index (χ2n) is 6.67. The van der Waals surface area contributed by atoms with Crippen molar-refractivity contribution in [1.82, 2.24) is 14.7 Å². The van der Waals surface area contributed by atoms with Crippen molar-refractivity contribution < 1.29 is 22.7 Å². The van der Waals surface area contributed by atoms with Gasteiger partial charge in [-0.2, -0.15) is 0 Å². The predicted molar refractivity (Wildman–Crippen MR) is 102 cm³/mol. The number of hydrogen-bond donors (Lipinski definition) is 1. The highest BCUT2D eigenvalue weighted by molar-refractivity contribution is 7.89. The van der Waals surface area contributed by atoms with Gasteiger partial charge in [-0.05, 0) is 44.7 Å². The number of Topliss-reactive ketones (excluding diaryl/α,β-unsaturated/α-hetero) is 1. The Morgan fingerprint density at radius 1 is 1.11 bits per heavy atom. The van der Waals surface area contributed by atoms with Crippen LogP contribution in [0.4, 0.5) is 0 Å². The lowest BCUT2D eigenvalue weighted by Crippen LogP contribution is -2.39. The van der Waals surface area contributed by atoms with Gasteiger partial charge in [-0.1, -0.05) is 12.1 Å². The normalized spacial score (nSPS) is 19.8. The Kier molecular flexibility index (Phi) is 6.25. The van der Waals surface area contributed by atoms with Gasteiger partial charge in [0.15, 0.2) is 5.78 Å². The minimum Gasteiger partial charge on any atom is -0.477 e. The van der Waals surface area contributed by atoms with E-state index in [2.05, 4.69) is 14.7 Å². The van der Waals surface area contributed by atoms with Crippen molar-refractivity contribution in [3.63, 3.8) is 0 Å². The average molecular weight is 405 g/mol. The number of benzene rings is 1. The Hall–Kier alpha value is -2.52. The lowest BCUT2D eigenvalue weighted by Gasteiger charge is -2.29. The molecule has 3 rings (SSSR count). The molecule has 0 saturated heterocycles. The van der Waals surface area contributed by atoms with E-state index < -0.39 is 10.0 Å². The maximum atomic E-state index is 12.6. The summed E-state index contributed by atoms with van der Waals surface area (Å²) in [6.07, 6.45) is 5.62. The van der Waals surface area contributed by atoms with Gasteiger partial charge in [0.25, 0.3) is 11.8 Å². The largest absolute Gasteiger partial charge is 0.477 e. The molecular formula is C19H23N3O5S. The minimum absolute atomic E-state index is 0.0765. The van der Waals surface area contributed by atoms with Gasteiger partial charge in [-0.15, -0.1) is 0 Å². The number of nitrogens with one attached hydrogen (secondary N) is 1. The summed E-state index contributed by atoms with van der Waals surface area (Å²) >= 11 is 0. The third-order valence-corrected chi connectivity index (χ3v) is 6.17. The van der Waals surface area contributed by atoms with E-state index in [-0.39, 0.29) is 22.8 Å². The number of nitrogens with zero attached hydrogens (tertiary/aromatic N) is 2. The third kappa shape index (κ3) is 4.85. The molecule has 8 nitrogen and oxygen atoms in total. The van der Waals surface area contributed by atoms with Gasteiger partial charge in [0.05, 0.1) is 12.0 Å². The topological polar surface area (TPSA) is 107 Å². The zero-order chi connectivity index (χ0) is 20.1. The Morgan fingerprint density at radius 2 is 1.79 bits per heavy atom. The average Bonchev–Trinajstić information content (AvgIpc) is 2.70. The van der Waals surface area contributed by atoms with Crippen LogP contribution in [0.1, 0.15) is 43.0 Å². The molecule has 1 saturated carbocycles.